The summed E-state index contributed by atoms with van der Waals surface area (Å²) in [6.07, 6.45) is 0.576. The fourth-order valence-electron chi connectivity index (χ4n) is 4.80. The first-order valence-corrected chi connectivity index (χ1v) is 13.3. The molecule has 0 spiro atoms. The first-order valence-electron chi connectivity index (χ1n) is 13.3. The van der Waals surface area contributed by atoms with Crippen LogP contribution in [0.15, 0.2) is 78.4 Å². The Morgan fingerprint density at radius 1 is 0.949 bits per heavy atom. The molecule has 3 aromatic rings. The van der Waals surface area contributed by atoms with Crippen LogP contribution in [0.2, 0.25) is 0 Å². The van der Waals surface area contributed by atoms with Gasteiger partial charge in [0.2, 0.25) is 0 Å². The molecule has 6 nitrogen and oxygen atoms in total. The van der Waals surface area contributed by atoms with Gasteiger partial charge in [-0.2, -0.15) is 0 Å². The van der Waals surface area contributed by atoms with E-state index in [2.05, 4.69) is 20.8 Å². The Bertz CT molecular complexity index is 1350. The Morgan fingerprint density at radius 3 is 2.23 bits per heavy atom. The minimum absolute atomic E-state index is 0.0399. The van der Waals surface area contributed by atoms with E-state index in [-0.39, 0.29) is 16.7 Å². The minimum atomic E-state index is -0.687. The summed E-state index contributed by atoms with van der Waals surface area (Å²) in [6.45, 7) is 9.66. The molecular formula is C33H37NO5. The Morgan fingerprint density at radius 2 is 1.62 bits per heavy atom. The Labute approximate surface area is 230 Å². The number of aliphatic hydroxyl groups is 1. The highest BCUT2D eigenvalue weighted by Gasteiger charge is 2.45. The molecule has 0 bridgehead atoms. The van der Waals surface area contributed by atoms with Gasteiger partial charge in [0, 0.05) is 25.8 Å². The Hall–Kier alpha value is -3.90. The van der Waals surface area contributed by atoms with Crippen LogP contribution in [-0.2, 0) is 26.3 Å². The molecule has 0 radical (unpaired) electrons. The minimum Gasteiger partial charge on any atom is -0.507 e. The van der Waals surface area contributed by atoms with Gasteiger partial charge in [-0.1, -0.05) is 69.3 Å². The number of hydrogen-bond donors (Lipinski definition) is 1. The number of ketones is 1. The zero-order chi connectivity index (χ0) is 28.2. The van der Waals surface area contributed by atoms with E-state index in [1.165, 1.54) is 0 Å². The van der Waals surface area contributed by atoms with Crippen molar-refractivity contribution in [2.75, 3.05) is 20.3 Å². The molecule has 1 unspecified atom stereocenters. The summed E-state index contributed by atoms with van der Waals surface area (Å²) in [5.41, 5.74) is 4.66. The molecule has 1 aliphatic rings. The third-order valence-corrected chi connectivity index (χ3v) is 7.16. The molecule has 1 fully saturated rings. The predicted octanol–water partition coefficient (Wildman–Crippen LogP) is 6.33. The molecule has 1 atom stereocenters. The van der Waals surface area contributed by atoms with Crippen molar-refractivity contribution in [2.45, 2.75) is 52.2 Å². The molecule has 6 heteroatoms. The number of benzene rings is 3. The molecule has 39 heavy (non-hydrogen) atoms. The second kappa shape index (κ2) is 11.9. The maximum absolute atomic E-state index is 13.3. The van der Waals surface area contributed by atoms with Gasteiger partial charge in [-0.15, -0.1) is 0 Å². The van der Waals surface area contributed by atoms with Crippen LogP contribution in [0.3, 0.4) is 0 Å². The van der Waals surface area contributed by atoms with Gasteiger partial charge in [-0.25, -0.2) is 0 Å². The number of likely N-dealkylation sites (tertiary alicyclic amines) is 1. The number of nitrogens with zero attached hydrogens (tertiary/aromatic N) is 1. The van der Waals surface area contributed by atoms with E-state index in [9.17, 15) is 14.7 Å². The van der Waals surface area contributed by atoms with Crippen LogP contribution in [0.25, 0.3) is 5.76 Å². The maximum atomic E-state index is 13.3. The van der Waals surface area contributed by atoms with Crippen molar-refractivity contribution in [3.8, 4) is 5.75 Å². The highest BCUT2D eigenvalue weighted by Crippen LogP contribution is 2.40. The van der Waals surface area contributed by atoms with E-state index in [4.69, 9.17) is 9.47 Å². The van der Waals surface area contributed by atoms with Crippen LogP contribution in [0.1, 0.15) is 61.1 Å². The predicted molar refractivity (Wildman–Crippen MR) is 153 cm³/mol. The number of carbonyl (C=O) groups is 2. The van der Waals surface area contributed by atoms with E-state index >= 15 is 0 Å². The van der Waals surface area contributed by atoms with E-state index in [1.807, 2.05) is 55.5 Å². The molecule has 0 aromatic heterocycles. The number of Topliss-reactive ketones (excluding diaryl/α,β-unsaturated/α-hetero) is 1. The number of aryl methyl sites for hydroxylation is 1. The summed E-state index contributed by atoms with van der Waals surface area (Å²) in [7, 11) is 1.60. The fraction of sp³-hybridized carbons (Fsp3) is 0.333. The molecule has 1 saturated heterocycles. The number of amides is 1. The van der Waals surface area contributed by atoms with Crippen molar-refractivity contribution in [2.24, 2.45) is 0 Å². The summed E-state index contributed by atoms with van der Waals surface area (Å²) in [4.78, 5) is 27.9. The lowest BCUT2D eigenvalue weighted by atomic mass is 9.85. The van der Waals surface area contributed by atoms with Gasteiger partial charge in [0.05, 0.1) is 11.6 Å². The molecule has 3 aromatic carbocycles. The Kier molecular flexibility index (Phi) is 8.56. The monoisotopic (exact) mass is 527 g/mol. The van der Waals surface area contributed by atoms with Gasteiger partial charge < -0.3 is 19.5 Å². The molecule has 1 aliphatic heterocycles. The third kappa shape index (κ3) is 6.23. The number of carbonyl (C=O) groups excluding carboxylic acids is 2. The summed E-state index contributed by atoms with van der Waals surface area (Å²) in [6, 6.07) is 22.2. The standard InChI is InChI=1S/C33H37NO5/c1-22-9-6-7-10-25(22)21-39-27-17-13-24(14-18-27)30(35)28-29(23-11-15-26(16-12-23)33(2,3)4)34(19-8-20-38-5)32(37)31(28)36/h6-7,9-18,29,35H,8,19-21H2,1-5H3/b30-28+. The first kappa shape index (κ1) is 28.1. The zero-order valence-electron chi connectivity index (χ0n) is 23.4. The van der Waals surface area contributed by atoms with Crippen LogP contribution in [0.5, 0.6) is 5.75 Å². The van der Waals surface area contributed by atoms with E-state index in [1.54, 1.807) is 36.3 Å². The summed E-state index contributed by atoms with van der Waals surface area (Å²) < 4.78 is 11.1. The SMILES string of the molecule is COCCCN1C(=O)C(=O)/C(=C(/O)c2ccc(OCc3ccccc3C)cc2)C1c1ccc(C(C)(C)C)cc1. The summed E-state index contributed by atoms with van der Waals surface area (Å²) in [5, 5.41) is 11.4. The highest BCUT2D eigenvalue weighted by atomic mass is 16.5. The maximum Gasteiger partial charge on any atom is 0.295 e. The molecule has 204 valence electrons. The second-order valence-corrected chi connectivity index (χ2v) is 11.0. The lowest BCUT2D eigenvalue weighted by Gasteiger charge is -2.26. The number of methoxy groups -OCH3 is 1. The smallest absolute Gasteiger partial charge is 0.295 e. The van der Waals surface area contributed by atoms with Crippen LogP contribution in [-0.4, -0.2) is 42.0 Å². The van der Waals surface area contributed by atoms with Crippen molar-refractivity contribution < 1.29 is 24.2 Å². The zero-order valence-corrected chi connectivity index (χ0v) is 23.4. The van der Waals surface area contributed by atoms with Crippen molar-refractivity contribution in [1.29, 1.82) is 0 Å². The van der Waals surface area contributed by atoms with Crippen LogP contribution < -0.4 is 4.74 Å². The Balaban J connectivity index is 1.66. The van der Waals surface area contributed by atoms with Crippen LogP contribution in [0.4, 0.5) is 0 Å². The highest BCUT2D eigenvalue weighted by molar-refractivity contribution is 6.46. The van der Waals surface area contributed by atoms with E-state index in [0.29, 0.717) is 37.5 Å². The number of rotatable bonds is 9. The summed E-state index contributed by atoms with van der Waals surface area (Å²) >= 11 is 0. The number of aliphatic hydroxyl groups excluding tert-OH is 1. The van der Waals surface area contributed by atoms with Gasteiger partial charge in [-0.3, -0.25) is 9.59 Å². The van der Waals surface area contributed by atoms with Crippen LogP contribution in [0, 0.1) is 6.92 Å². The topological polar surface area (TPSA) is 76.1 Å². The van der Waals surface area contributed by atoms with Crippen molar-refractivity contribution in [1.82, 2.24) is 4.90 Å². The molecule has 1 amide bonds. The molecular weight excluding hydrogens is 490 g/mol. The fourth-order valence-corrected chi connectivity index (χ4v) is 4.80. The van der Waals surface area contributed by atoms with Crippen molar-refractivity contribution >= 4 is 17.4 Å². The number of hydrogen-bond acceptors (Lipinski definition) is 5. The quantitative estimate of drug-likeness (QED) is 0.152. The third-order valence-electron chi connectivity index (χ3n) is 7.16. The lowest BCUT2D eigenvalue weighted by Crippen LogP contribution is -2.31. The largest absolute Gasteiger partial charge is 0.507 e. The van der Waals surface area contributed by atoms with E-state index < -0.39 is 17.7 Å². The molecule has 0 saturated carbocycles. The van der Waals surface area contributed by atoms with Crippen LogP contribution >= 0.6 is 0 Å². The average molecular weight is 528 g/mol. The lowest BCUT2D eigenvalue weighted by molar-refractivity contribution is -0.140. The average Bonchev–Trinajstić information content (AvgIpc) is 3.17. The van der Waals surface area contributed by atoms with E-state index in [0.717, 1.165) is 22.3 Å². The van der Waals surface area contributed by atoms with Gasteiger partial charge in [0.1, 0.15) is 18.1 Å². The molecule has 1 heterocycles. The first-order chi connectivity index (χ1) is 18.6. The van der Waals surface area contributed by atoms with Crippen molar-refractivity contribution in [3.63, 3.8) is 0 Å². The van der Waals surface area contributed by atoms with Gasteiger partial charge in [0.15, 0.2) is 0 Å². The second-order valence-electron chi connectivity index (χ2n) is 11.0. The normalized spacial score (nSPS) is 17.1. The number of ether oxygens (including phenoxy) is 2. The molecule has 4 rings (SSSR count). The van der Waals surface area contributed by atoms with Crippen molar-refractivity contribution in [3.05, 3.63) is 106 Å². The molecule has 1 N–H and O–H groups in total. The van der Waals surface area contributed by atoms with Gasteiger partial charge in [-0.05, 0) is 65.3 Å². The van der Waals surface area contributed by atoms with Gasteiger partial charge >= 0.3 is 0 Å². The molecule has 0 aliphatic carbocycles. The van der Waals surface area contributed by atoms with Gasteiger partial charge in [0.25, 0.3) is 11.7 Å². The summed E-state index contributed by atoms with van der Waals surface area (Å²) in [5.74, 6) is -0.854.